The molecule has 1 aromatic carbocycles. The van der Waals surface area contributed by atoms with Crippen molar-refractivity contribution < 1.29 is 14.0 Å². The number of carbonyl (C=O) groups excluding carboxylic acids is 2. The van der Waals surface area contributed by atoms with Gasteiger partial charge in [-0.2, -0.15) is 0 Å². The van der Waals surface area contributed by atoms with E-state index in [-0.39, 0.29) is 18.4 Å². The standard InChI is InChI=1S/C15H14ClIN2O3/c1-9(14(20)18-8-11-3-2-6-22-11)19-15(21)10-4-5-12(16)13(17)7-10/h2-7,9H,8H2,1H3,(H,18,20)(H,19,21). The van der Waals surface area contributed by atoms with Crippen molar-refractivity contribution in [2.75, 3.05) is 0 Å². The highest BCUT2D eigenvalue weighted by atomic mass is 127. The molecule has 0 aliphatic rings. The van der Waals surface area contributed by atoms with E-state index in [4.69, 9.17) is 16.0 Å². The summed E-state index contributed by atoms with van der Waals surface area (Å²) in [6.45, 7) is 1.90. The van der Waals surface area contributed by atoms with Gasteiger partial charge in [-0.1, -0.05) is 11.6 Å². The fourth-order valence-corrected chi connectivity index (χ4v) is 2.36. The minimum atomic E-state index is -0.657. The van der Waals surface area contributed by atoms with Crippen molar-refractivity contribution in [1.29, 1.82) is 0 Å². The van der Waals surface area contributed by atoms with Gasteiger partial charge in [-0.3, -0.25) is 9.59 Å². The van der Waals surface area contributed by atoms with Crippen LogP contribution in [0.5, 0.6) is 0 Å². The monoisotopic (exact) mass is 432 g/mol. The largest absolute Gasteiger partial charge is 0.467 e. The van der Waals surface area contributed by atoms with E-state index in [1.54, 1.807) is 37.3 Å². The van der Waals surface area contributed by atoms with Crippen LogP contribution in [0.2, 0.25) is 5.02 Å². The van der Waals surface area contributed by atoms with Crippen molar-refractivity contribution in [2.24, 2.45) is 0 Å². The van der Waals surface area contributed by atoms with Crippen LogP contribution >= 0.6 is 34.2 Å². The Kier molecular flexibility index (Phi) is 5.84. The molecule has 0 saturated heterocycles. The Morgan fingerprint density at radius 2 is 2.14 bits per heavy atom. The molecule has 2 rings (SSSR count). The van der Waals surface area contributed by atoms with Crippen LogP contribution in [-0.4, -0.2) is 17.9 Å². The molecule has 1 heterocycles. The van der Waals surface area contributed by atoms with Crippen LogP contribution in [0, 0.1) is 3.57 Å². The normalized spacial score (nSPS) is 11.8. The summed E-state index contributed by atoms with van der Waals surface area (Å²) in [7, 11) is 0. The number of carbonyl (C=O) groups is 2. The van der Waals surface area contributed by atoms with Crippen LogP contribution in [0.3, 0.4) is 0 Å². The highest BCUT2D eigenvalue weighted by molar-refractivity contribution is 14.1. The molecule has 0 aliphatic carbocycles. The molecule has 1 aromatic heterocycles. The fraction of sp³-hybridized carbons (Fsp3) is 0.200. The lowest BCUT2D eigenvalue weighted by molar-refractivity contribution is -0.122. The molecule has 0 saturated carbocycles. The van der Waals surface area contributed by atoms with E-state index in [1.165, 1.54) is 6.26 Å². The topological polar surface area (TPSA) is 71.3 Å². The summed E-state index contributed by atoms with van der Waals surface area (Å²) in [6, 6.07) is 7.79. The molecule has 0 bridgehead atoms. The van der Waals surface area contributed by atoms with Crippen molar-refractivity contribution in [3.63, 3.8) is 0 Å². The van der Waals surface area contributed by atoms with Gasteiger partial charge < -0.3 is 15.1 Å². The van der Waals surface area contributed by atoms with Gasteiger partial charge in [0.1, 0.15) is 11.8 Å². The molecule has 2 aromatic rings. The van der Waals surface area contributed by atoms with Gasteiger partial charge in [-0.25, -0.2) is 0 Å². The average Bonchev–Trinajstić information content (AvgIpc) is 3.00. The molecule has 0 radical (unpaired) electrons. The summed E-state index contributed by atoms with van der Waals surface area (Å²) >= 11 is 7.97. The van der Waals surface area contributed by atoms with Gasteiger partial charge in [0.2, 0.25) is 5.91 Å². The minimum absolute atomic E-state index is 0.283. The number of benzene rings is 1. The maximum Gasteiger partial charge on any atom is 0.251 e. The van der Waals surface area contributed by atoms with Crippen LogP contribution in [0.1, 0.15) is 23.0 Å². The van der Waals surface area contributed by atoms with E-state index < -0.39 is 6.04 Å². The van der Waals surface area contributed by atoms with Crippen molar-refractivity contribution in [1.82, 2.24) is 10.6 Å². The molecular weight excluding hydrogens is 419 g/mol. The van der Waals surface area contributed by atoms with Crippen LogP contribution in [0.15, 0.2) is 41.0 Å². The first-order valence-corrected chi connectivity index (χ1v) is 7.99. The zero-order chi connectivity index (χ0) is 16.1. The van der Waals surface area contributed by atoms with E-state index >= 15 is 0 Å². The number of nitrogens with one attached hydrogen (secondary N) is 2. The predicted octanol–water partition coefficient (Wildman–Crippen LogP) is 2.97. The van der Waals surface area contributed by atoms with Crippen molar-refractivity contribution in [3.05, 3.63) is 56.5 Å². The Hall–Kier alpha value is -1.54. The third-order valence-corrected chi connectivity index (χ3v) is 4.48. The second-order valence-corrected chi connectivity index (χ2v) is 6.19. The summed E-state index contributed by atoms with van der Waals surface area (Å²) in [6.07, 6.45) is 1.54. The molecule has 5 nitrogen and oxygen atoms in total. The van der Waals surface area contributed by atoms with E-state index in [9.17, 15) is 9.59 Å². The lowest BCUT2D eigenvalue weighted by Gasteiger charge is -2.14. The van der Waals surface area contributed by atoms with Crippen LogP contribution in [0.4, 0.5) is 0 Å². The summed E-state index contributed by atoms with van der Waals surface area (Å²) in [5.41, 5.74) is 0.458. The number of hydrogen-bond acceptors (Lipinski definition) is 3. The first kappa shape index (κ1) is 16.8. The zero-order valence-corrected chi connectivity index (χ0v) is 14.6. The molecule has 1 unspecified atom stereocenters. The maximum absolute atomic E-state index is 12.1. The number of amides is 2. The van der Waals surface area contributed by atoms with E-state index in [1.807, 2.05) is 22.6 Å². The first-order valence-electron chi connectivity index (χ1n) is 6.53. The number of halogens is 2. The van der Waals surface area contributed by atoms with Gasteiger partial charge in [0, 0.05) is 9.13 Å². The van der Waals surface area contributed by atoms with Gasteiger partial charge in [0.05, 0.1) is 17.8 Å². The van der Waals surface area contributed by atoms with E-state index in [0.29, 0.717) is 16.3 Å². The molecule has 2 N–H and O–H groups in total. The van der Waals surface area contributed by atoms with Crippen LogP contribution in [0.25, 0.3) is 0 Å². The molecule has 116 valence electrons. The maximum atomic E-state index is 12.1. The van der Waals surface area contributed by atoms with Crippen LogP contribution in [-0.2, 0) is 11.3 Å². The van der Waals surface area contributed by atoms with Crippen molar-refractivity contribution >= 4 is 46.0 Å². The van der Waals surface area contributed by atoms with E-state index in [0.717, 1.165) is 3.57 Å². The Morgan fingerprint density at radius 1 is 1.36 bits per heavy atom. The van der Waals surface area contributed by atoms with Crippen molar-refractivity contribution in [2.45, 2.75) is 19.5 Å². The summed E-state index contributed by atoms with van der Waals surface area (Å²) in [5, 5.41) is 5.92. The molecule has 7 heteroatoms. The second kappa shape index (κ2) is 7.64. The predicted molar refractivity (Wildman–Crippen MR) is 91.7 cm³/mol. The average molecular weight is 433 g/mol. The minimum Gasteiger partial charge on any atom is -0.467 e. The number of rotatable bonds is 5. The Morgan fingerprint density at radius 3 is 2.77 bits per heavy atom. The highest BCUT2D eigenvalue weighted by Crippen LogP contribution is 2.19. The SMILES string of the molecule is CC(NC(=O)c1ccc(Cl)c(I)c1)C(=O)NCc1ccco1. The molecule has 0 spiro atoms. The van der Waals surface area contributed by atoms with Gasteiger partial charge >= 0.3 is 0 Å². The third-order valence-electron chi connectivity index (χ3n) is 2.94. The van der Waals surface area contributed by atoms with Gasteiger partial charge in [-0.15, -0.1) is 0 Å². The molecule has 1 atom stereocenters. The van der Waals surface area contributed by atoms with Crippen molar-refractivity contribution in [3.8, 4) is 0 Å². The van der Waals surface area contributed by atoms with Gasteiger partial charge in [0.15, 0.2) is 0 Å². The van der Waals surface area contributed by atoms with Crippen LogP contribution < -0.4 is 10.6 Å². The quantitative estimate of drug-likeness (QED) is 0.714. The molecule has 0 aliphatic heterocycles. The Labute approximate surface area is 146 Å². The zero-order valence-electron chi connectivity index (χ0n) is 11.7. The lowest BCUT2D eigenvalue weighted by atomic mass is 10.2. The smallest absolute Gasteiger partial charge is 0.251 e. The highest BCUT2D eigenvalue weighted by Gasteiger charge is 2.17. The Bertz CT molecular complexity index is 673. The molecule has 2 amide bonds. The Balaban J connectivity index is 1.89. The number of hydrogen-bond donors (Lipinski definition) is 2. The number of furan rings is 1. The van der Waals surface area contributed by atoms with Gasteiger partial charge in [-0.05, 0) is 59.8 Å². The fourth-order valence-electron chi connectivity index (χ4n) is 1.72. The second-order valence-electron chi connectivity index (χ2n) is 4.62. The first-order chi connectivity index (χ1) is 10.5. The van der Waals surface area contributed by atoms with E-state index in [2.05, 4.69) is 10.6 Å². The summed E-state index contributed by atoms with van der Waals surface area (Å²) < 4.78 is 5.90. The summed E-state index contributed by atoms with van der Waals surface area (Å²) in [5.74, 6) is 0.0442. The summed E-state index contributed by atoms with van der Waals surface area (Å²) in [4.78, 5) is 24.0. The third kappa shape index (κ3) is 4.48. The molecule has 22 heavy (non-hydrogen) atoms. The van der Waals surface area contributed by atoms with Gasteiger partial charge in [0.25, 0.3) is 5.91 Å². The molecular formula is C15H14ClIN2O3. The molecule has 0 fully saturated rings. The lowest BCUT2D eigenvalue weighted by Crippen LogP contribution is -2.44.